The second-order valence-electron chi connectivity index (χ2n) is 7.76. The molecule has 0 radical (unpaired) electrons. The van der Waals surface area contributed by atoms with E-state index in [1.54, 1.807) is 12.1 Å². The van der Waals surface area contributed by atoms with E-state index in [-0.39, 0.29) is 5.92 Å². The second-order valence-corrected chi connectivity index (χ2v) is 7.76. The number of ether oxygens (including phenoxy) is 1. The Morgan fingerprint density at radius 1 is 1.32 bits per heavy atom. The molecule has 1 aliphatic heterocycles. The number of nitrogens with one attached hydrogen (secondary N) is 2. The van der Waals surface area contributed by atoms with Crippen molar-refractivity contribution < 1.29 is 9.53 Å². The molecular weight excluding hydrogens is 354 g/mol. The van der Waals surface area contributed by atoms with Crippen LogP contribution in [0, 0.1) is 11.3 Å². The Morgan fingerprint density at radius 2 is 1.93 bits per heavy atom. The molecule has 0 bridgehead atoms. The van der Waals surface area contributed by atoms with Crippen LogP contribution in [0.1, 0.15) is 42.5 Å². The number of nitrogens with two attached hydrogens (primary N) is 1. The zero-order valence-corrected chi connectivity index (χ0v) is 17.4. The minimum Gasteiger partial charge on any atom is -0.496 e. The van der Waals surface area contributed by atoms with E-state index >= 15 is 0 Å². The van der Waals surface area contributed by atoms with Crippen LogP contribution >= 0.6 is 0 Å². The SMILES string of the molecule is C=C1Nc2cc(C=O)c(OC)cc2N(C(=N)C2CCCCC2)C1N.CN(C)C. The van der Waals surface area contributed by atoms with Gasteiger partial charge in [-0.1, -0.05) is 25.8 Å². The summed E-state index contributed by atoms with van der Waals surface area (Å²) in [6.07, 6.45) is 5.80. The average Bonchev–Trinajstić information content (AvgIpc) is 2.68. The van der Waals surface area contributed by atoms with Crippen LogP contribution in [0.4, 0.5) is 11.4 Å². The Morgan fingerprint density at radius 3 is 2.46 bits per heavy atom. The minimum absolute atomic E-state index is 0.209. The standard InChI is InChI=1S/C18H24N4O2.C3H9N/c1-11-17(19)22(18(20)12-6-4-3-5-7-12)15-9-16(24-2)13(10-23)8-14(15)21-11;1-4(2)3/h8-10,12,17,20-21H,1,3-7,19H2,2H3;1-3H3. The quantitative estimate of drug-likeness (QED) is 0.419. The molecule has 0 spiro atoms. The second kappa shape index (κ2) is 9.71. The lowest BCUT2D eigenvalue weighted by molar-refractivity contribution is 0.112. The monoisotopic (exact) mass is 387 g/mol. The van der Waals surface area contributed by atoms with E-state index in [2.05, 4.69) is 11.9 Å². The Bertz CT molecular complexity index is 723. The fourth-order valence-electron chi connectivity index (χ4n) is 3.56. The molecule has 0 amide bonds. The van der Waals surface area contributed by atoms with Gasteiger partial charge in [0.15, 0.2) is 6.29 Å². The summed E-state index contributed by atoms with van der Waals surface area (Å²) < 4.78 is 5.32. The summed E-state index contributed by atoms with van der Waals surface area (Å²) in [5.41, 5.74) is 8.87. The van der Waals surface area contributed by atoms with Crippen LogP contribution in [0.2, 0.25) is 0 Å². The van der Waals surface area contributed by atoms with Crippen LogP contribution < -0.4 is 20.7 Å². The molecule has 28 heavy (non-hydrogen) atoms. The Balaban J connectivity index is 0.000000640. The number of hydrogen-bond donors (Lipinski definition) is 3. The summed E-state index contributed by atoms with van der Waals surface area (Å²) in [6, 6.07) is 3.50. The summed E-state index contributed by atoms with van der Waals surface area (Å²) in [4.78, 5) is 15.1. The maximum absolute atomic E-state index is 11.3. The summed E-state index contributed by atoms with van der Waals surface area (Å²) in [5, 5.41) is 11.9. The molecular formula is C21H33N5O2. The van der Waals surface area contributed by atoms with Crippen LogP contribution in [0.3, 0.4) is 0 Å². The first kappa shape index (κ1) is 21.9. The van der Waals surface area contributed by atoms with Gasteiger partial charge in [0.05, 0.1) is 24.0 Å². The molecule has 1 fully saturated rings. The van der Waals surface area contributed by atoms with Crippen molar-refractivity contribution in [3.63, 3.8) is 0 Å². The third-order valence-corrected chi connectivity index (χ3v) is 4.92. The first-order valence-corrected chi connectivity index (χ1v) is 9.67. The third-order valence-electron chi connectivity index (χ3n) is 4.92. The lowest BCUT2D eigenvalue weighted by Crippen LogP contribution is -2.53. The lowest BCUT2D eigenvalue weighted by atomic mass is 9.87. The first-order chi connectivity index (χ1) is 13.3. The molecule has 1 atom stereocenters. The summed E-state index contributed by atoms with van der Waals surface area (Å²) in [6.45, 7) is 3.98. The highest BCUT2D eigenvalue weighted by Gasteiger charge is 2.33. The van der Waals surface area contributed by atoms with Gasteiger partial charge in [0.1, 0.15) is 17.8 Å². The number of nitrogens with zero attached hydrogens (tertiary/aromatic N) is 2. The molecule has 1 unspecified atom stereocenters. The van der Waals surface area contributed by atoms with Crippen molar-refractivity contribution >= 4 is 23.5 Å². The van der Waals surface area contributed by atoms with Crippen LogP contribution in [0.5, 0.6) is 5.75 Å². The fourth-order valence-corrected chi connectivity index (χ4v) is 3.56. The molecule has 1 aromatic rings. The maximum Gasteiger partial charge on any atom is 0.153 e. The number of carbonyl (C=O) groups excluding carboxylic acids is 1. The van der Waals surface area contributed by atoms with Crippen molar-refractivity contribution in [1.29, 1.82) is 5.41 Å². The van der Waals surface area contributed by atoms with Crippen molar-refractivity contribution in [1.82, 2.24) is 4.90 Å². The lowest BCUT2D eigenvalue weighted by Gasteiger charge is -2.41. The number of carbonyl (C=O) groups is 1. The van der Waals surface area contributed by atoms with E-state index in [1.165, 1.54) is 13.5 Å². The van der Waals surface area contributed by atoms with Crippen LogP contribution in [-0.2, 0) is 0 Å². The minimum atomic E-state index is -0.515. The normalized spacial score (nSPS) is 19.3. The van der Waals surface area contributed by atoms with Crippen molar-refractivity contribution in [2.45, 2.75) is 38.3 Å². The fraction of sp³-hybridized carbons (Fsp3) is 0.524. The van der Waals surface area contributed by atoms with Gasteiger partial charge in [-0.15, -0.1) is 0 Å². The van der Waals surface area contributed by atoms with Crippen LogP contribution in [-0.4, -0.2) is 51.4 Å². The molecule has 1 saturated carbocycles. The van der Waals surface area contributed by atoms with E-state index < -0.39 is 6.17 Å². The highest BCUT2D eigenvalue weighted by Crippen LogP contribution is 2.40. The number of aldehydes is 1. The number of fused-ring (bicyclic) bond motifs is 1. The van der Waals surface area contributed by atoms with Crippen molar-refractivity contribution in [3.05, 3.63) is 30.0 Å². The number of rotatable bonds is 3. The van der Waals surface area contributed by atoms with Gasteiger partial charge < -0.3 is 25.6 Å². The highest BCUT2D eigenvalue weighted by atomic mass is 16.5. The molecule has 4 N–H and O–H groups in total. The van der Waals surface area contributed by atoms with Gasteiger partial charge in [0, 0.05) is 17.7 Å². The largest absolute Gasteiger partial charge is 0.496 e. The number of hydrogen-bond acceptors (Lipinski definition) is 6. The molecule has 2 aliphatic rings. The van der Waals surface area contributed by atoms with E-state index in [0.717, 1.165) is 43.3 Å². The Labute approximate surface area is 168 Å². The topological polar surface area (TPSA) is 94.7 Å². The average molecular weight is 388 g/mol. The van der Waals surface area contributed by atoms with Gasteiger partial charge >= 0.3 is 0 Å². The van der Waals surface area contributed by atoms with E-state index in [4.69, 9.17) is 15.9 Å². The van der Waals surface area contributed by atoms with E-state index in [9.17, 15) is 4.79 Å². The van der Waals surface area contributed by atoms with Gasteiger partial charge in [-0.3, -0.25) is 10.2 Å². The number of benzene rings is 1. The summed E-state index contributed by atoms with van der Waals surface area (Å²) >= 11 is 0. The predicted octanol–water partition coefficient (Wildman–Crippen LogP) is 3.27. The van der Waals surface area contributed by atoms with Crippen molar-refractivity contribution in [2.24, 2.45) is 11.7 Å². The molecule has 7 nitrogen and oxygen atoms in total. The number of amidine groups is 1. The molecule has 7 heteroatoms. The van der Waals surface area contributed by atoms with Gasteiger partial charge in [-0.25, -0.2) is 0 Å². The molecule has 0 aromatic heterocycles. The summed E-state index contributed by atoms with van der Waals surface area (Å²) in [5.74, 6) is 1.21. The number of methoxy groups -OCH3 is 1. The maximum atomic E-state index is 11.3. The predicted molar refractivity (Wildman–Crippen MR) is 116 cm³/mol. The molecule has 1 heterocycles. The van der Waals surface area contributed by atoms with Gasteiger partial charge in [0.25, 0.3) is 0 Å². The third kappa shape index (κ3) is 4.91. The molecule has 1 aromatic carbocycles. The molecule has 3 rings (SSSR count). The van der Waals surface area contributed by atoms with Gasteiger partial charge in [0.2, 0.25) is 0 Å². The zero-order valence-electron chi connectivity index (χ0n) is 17.4. The van der Waals surface area contributed by atoms with Crippen molar-refractivity contribution in [2.75, 3.05) is 38.5 Å². The molecule has 154 valence electrons. The zero-order chi connectivity index (χ0) is 20.8. The molecule has 0 saturated heterocycles. The number of anilines is 2. The van der Waals surface area contributed by atoms with Crippen LogP contribution in [0.25, 0.3) is 0 Å². The van der Waals surface area contributed by atoms with Crippen LogP contribution in [0.15, 0.2) is 24.4 Å². The van der Waals surface area contributed by atoms with Gasteiger partial charge in [-0.2, -0.15) is 0 Å². The molecule has 1 aliphatic carbocycles. The van der Waals surface area contributed by atoms with E-state index in [1.807, 2.05) is 30.9 Å². The van der Waals surface area contributed by atoms with Crippen molar-refractivity contribution in [3.8, 4) is 5.75 Å². The first-order valence-electron chi connectivity index (χ1n) is 9.67. The Kier molecular flexibility index (Phi) is 7.60. The summed E-state index contributed by atoms with van der Waals surface area (Å²) in [7, 11) is 7.53. The van der Waals surface area contributed by atoms with Gasteiger partial charge in [-0.05, 0) is 40.1 Å². The highest BCUT2D eigenvalue weighted by molar-refractivity contribution is 6.03. The smallest absolute Gasteiger partial charge is 0.153 e. The van der Waals surface area contributed by atoms with E-state index in [0.29, 0.717) is 22.8 Å². The Hall–Kier alpha value is -2.38.